The fourth-order valence-corrected chi connectivity index (χ4v) is 1.62. The number of benzene rings is 1. The zero-order chi connectivity index (χ0) is 14.4. The number of carbonyl (C=O) groups is 2. The SMILES string of the molecule is CCC(CNC(=O)Nc1ccc(Br)c(F)c1)C(=O)O. The Hall–Kier alpha value is -1.63. The number of rotatable bonds is 5. The standard InChI is InChI=1S/C12H14BrFN2O3/c1-2-7(11(17)18)6-15-12(19)16-8-3-4-9(13)10(14)5-8/h3-5,7H,2,6H2,1H3,(H,17,18)(H2,15,16,19). The second-order valence-corrected chi connectivity index (χ2v) is 4.76. The first-order valence-electron chi connectivity index (χ1n) is 5.66. The lowest BCUT2D eigenvalue weighted by atomic mass is 10.1. The van der Waals surface area contributed by atoms with E-state index >= 15 is 0 Å². The summed E-state index contributed by atoms with van der Waals surface area (Å²) in [5, 5.41) is 13.7. The lowest BCUT2D eigenvalue weighted by Gasteiger charge is -2.12. The summed E-state index contributed by atoms with van der Waals surface area (Å²) in [7, 11) is 0. The van der Waals surface area contributed by atoms with Crippen LogP contribution in [0.5, 0.6) is 0 Å². The number of aliphatic carboxylic acids is 1. The molecule has 0 spiro atoms. The minimum atomic E-state index is -0.961. The van der Waals surface area contributed by atoms with Crippen LogP contribution in [0, 0.1) is 11.7 Å². The highest BCUT2D eigenvalue weighted by Crippen LogP contribution is 2.19. The van der Waals surface area contributed by atoms with Crippen molar-refractivity contribution in [2.75, 3.05) is 11.9 Å². The van der Waals surface area contributed by atoms with E-state index in [0.29, 0.717) is 16.6 Å². The average Bonchev–Trinajstić information content (AvgIpc) is 2.34. The second-order valence-electron chi connectivity index (χ2n) is 3.91. The highest BCUT2D eigenvalue weighted by atomic mass is 79.9. The molecule has 0 aliphatic carbocycles. The van der Waals surface area contributed by atoms with Gasteiger partial charge in [0.25, 0.3) is 0 Å². The summed E-state index contributed by atoms with van der Waals surface area (Å²) in [5.41, 5.74) is 0.293. The molecule has 0 saturated carbocycles. The van der Waals surface area contributed by atoms with Crippen molar-refractivity contribution in [2.45, 2.75) is 13.3 Å². The van der Waals surface area contributed by atoms with Crippen LogP contribution in [0.2, 0.25) is 0 Å². The van der Waals surface area contributed by atoms with Gasteiger partial charge in [-0.3, -0.25) is 4.79 Å². The van der Waals surface area contributed by atoms with Gasteiger partial charge in [0.1, 0.15) is 5.82 Å². The lowest BCUT2D eigenvalue weighted by molar-refractivity contribution is -0.141. The van der Waals surface area contributed by atoms with Gasteiger partial charge in [-0.2, -0.15) is 0 Å². The van der Waals surface area contributed by atoms with Crippen molar-refractivity contribution in [3.8, 4) is 0 Å². The first-order chi connectivity index (χ1) is 8.93. The predicted molar refractivity (Wildman–Crippen MR) is 72.5 cm³/mol. The number of amides is 2. The Labute approximate surface area is 118 Å². The highest BCUT2D eigenvalue weighted by Gasteiger charge is 2.15. The van der Waals surface area contributed by atoms with E-state index in [0.717, 1.165) is 6.07 Å². The van der Waals surface area contributed by atoms with E-state index in [-0.39, 0.29) is 6.54 Å². The molecule has 1 aromatic rings. The Morgan fingerprint density at radius 2 is 2.16 bits per heavy atom. The first kappa shape index (κ1) is 15.4. The molecule has 0 radical (unpaired) electrons. The number of nitrogens with one attached hydrogen (secondary N) is 2. The van der Waals surface area contributed by atoms with Crippen LogP contribution in [0.15, 0.2) is 22.7 Å². The number of hydrogen-bond donors (Lipinski definition) is 3. The summed E-state index contributed by atoms with van der Waals surface area (Å²) in [6, 6.07) is 3.60. The van der Waals surface area contributed by atoms with Gasteiger partial charge in [-0.05, 0) is 40.5 Å². The zero-order valence-corrected chi connectivity index (χ0v) is 11.8. The van der Waals surface area contributed by atoms with Gasteiger partial charge in [-0.15, -0.1) is 0 Å². The van der Waals surface area contributed by atoms with Gasteiger partial charge >= 0.3 is 12.0 Å². The van der Waals surface area contributed by atoms with Gasteiger partial charge in [0, 0.05) is 12.2 Å². The Kier molecular flexibility index (Phi) is 5.75. The monoisotopic (exact) mass is 332 g/mol. The summed E-state index contributed by atoms with van der Waals surface area (Å²) < 4.78 is 13.5. The minimum Gasteiger partial charge on any atom is -0.481 e. The molecule has 1 aromatic carbocycles. The summed E-state index contributed by atoms with van der Waals surface area (Å²) in [5.74, 6) is -2.08. The van der Waals surface area contributed by atoms with Gasteiger partial charge in [0.15, 0.2) is 0 Å². The van der Waals surface area contributed by atoms with Gasteiger partial charge < -0.3 is 15.7 Å². The van der Waals surface area contributed by atoms with Crippen molar-refractivity contribution in [1.82, 2.24) is 5.32 Å². The average molecular weight is 333 g/mol. The topological polar surface area (TPSA) is 78.4 Å². The summed E-state index contributed by atoms with van der Waals surface area (Å²) in [6.45, 7) is 1.75. The van der Waals surface area contributed by atoms with Gasteiger partial charge in [0.2, 0.25) is 0 Å². The maximum absolute atomic E-state index is 13.2. The van der Waals surface area contributed by atoms with Crippen LogP contribution < -0.4 is 10.6 Å². The van der Waals surface area contributed by atoms with Crippen molar-refractivity contribution >= 4 is 33.6 Å². The van der Waals surface area contributed by atoms with Gasteiger partial charge in [-0.1, -0.05) is 6.92 Å². The van der Waals surface area contributed by atoms with Crippen LogP contribution in [0.1, 0.15) is 13.3 Å². The Balaban J connectivity index is 2.51. The molecule has 0 bridgehead atoms. The third-order valence-corrected chi connectivity index (χ3v) is 3.17. The van der Waals surface area contributed by atoms with Crippen molar-refractivity contribution in [3.05, 3.63) is 28.5 Å². The van der Waals surface area contributed by atoms with Crippen LogP contribution in [-0.4, -0.2) is 23.7 Å². The molecular weight excluding hydrogens is 319 g/mol. The lowest BCUT2D eigenvalue weighted by Crippen LogP contribution is -2.35. The number of carboxylic acid groups (broad SMARTS) is 1. The molecular formula is C12H14BrFN2O3. The van der Waals surface area contributed by atoms with Crippen molar-refractivity contribution in [1.29, 1.82) is 0 Å². The number of hydrogen-bond acceptors (Lipinski definition) is 2. The molecule has 19 heavy (non-hydrogen) atoms. The van der Waals surface area contributed by atoms with Crippen molar-refractivity contribution in [3.63, 3.8) is 0 Å². The smallest absolute Gasteiger partial charge is 0.319 e. The van der Waals surface area contributed by atoms with E-state index in [9.17, 15) is 14.0 Å². The minimum absolute atomic E-state index is 0.0245. The van der Waals surface area contributed by atoms with Gasteiger partial charge in [0.05, 0.1) is 10.4 Å². The molecule has 2 amide bonds. The van der Waals surface area contributed by atoms with E-state index in [1.54, 1.807) is 6.92 Å². The first-order valence-corrected chi connectivity index (χ1v) is 6.46. The largest absolute Gasteiger partial charge is 0.481 e. The Bertz CT molecular complexity index is 482. The van der Waals surface area contributed by atoms with Crippen LogP contribution in [0.3, 0.4) is 0 Å². The Morgan fingerprint density at radius 1 is 1.47 bits per heavy atom. The summed E-state index contributed by atoms with van der Waals surface area (Å²) in [6.07, 6.45) is 0.419. The number of anilines is 1. The zero-order valence-electron chi connectivity index (χ0n) is 10.2. The Morgan fingerprint density at radius 3 is 2.68 bits per heavy atom. The third-order valence-electron chi connectivity index (χ3n) is 2.53. The van der Waals surface area contributed by atoms with E-state index < -0.39 is 23.7 Å². The van der Waals surface area contributed by atoms with Crippen LogP contribution in [0.4, 0.5) is 14.9 Å². The molecule has 0 aromatic heterocycles. The molecule has 7 heteroatoms. The van der Waals surface area contributed by atoms with E-state index in [4.69, 9.17) is 5.11 Å². The normalized spacial score (nSPS) is 11.7. The summed E-state index contributed by atoms with van der Waals surface area (Å²) in [4.78, 5) is 22.3. The maximum atomic E-state index is 13.2. The number of halogens is 2. The number of carbonyl (C=O) groups excluding carboxylic acids is 1. The second kappa shape index (κ2) is 7.08. The molecule has 0 fully saturated rings. The molecule has 0 heterocycles. The molecule has 1 rings (SSSR count). The quantitative estimate of drug-likeness (QED) is 0.775. The fraction of sp³-hybridized carbons (Fsp3) is 0.333. The molecule has 0 aliphatic rings. The molecule has 1 unspecified atom stereocenters. The van der Waals surface area contributed by atoms with E-state index in [1.165, 1.54) is 12.1 Å². The van der Waals surface area contributed by atoms with E-state index in [2.05, 4.69) is 26.6 Å². The van der Waals surface area contributed by atoms with Crippen LogP contribution in [-0.2, 0) is 4.79 Å². The van der Waals surface area contributed by atoms with Gasteiger partial charge in [-0.25, -0.2) is 9.18 Å². The molecule has 0 saturated heterocycles. The van der Waals surface area contributed by atoms with Crippen molar-refractivity contribution < 1.29 is 19.1 Å². The number of urea groups is 1. The van der Waals surface area contributed by atoms with Crippen LogP contribution >= 0.6 is 15.9 Å². The third kappa shape index (κ3) is 4.86. The molecule has 1 atom stereocenters. The van der Waals surface area contributed by atoms with Crippen molar-refractivity contribution in [2.24, 2.45) is 5.92 Å². The maximum Gasteiger partial charge on any atom is 0.319 e. The number of carboxylic acids is 1. The molecule has 3 N–H and O–H groups in total. The predicted octanol–water partition coefficient (Wildman–Crippen LogP) is 2.82. The van der Waals surface area contributed by atoms with Crippen LogP contribution in [0.25, 0.3) is 0 Å². The van der Waals surface area contributed by atoms with E-state index in [1.807, 2.05) is 0 Å². The molecule has 104 valence electrons. The fourth-order valence-electron chi connectivity index (χ4n) is 1.37. The molecule has 0 aliphatic heterocycles. The highest BCUT2D eigenvalue weighted by molar-refractivity contribution is 9.10. The summed E-state index contributed by atoms with van der Waals surface area (Å²) >= 11 is 3.00. The molecule has 5 nitrogen and oxygen atoms in total.